The SMILES string of the molecule is COc1ccc(OCCCn2c(C)nc3scc(C(=O)O)c3c2=O)cc1. The first-order chi connectivity index (χ1) is 12.5. The zero-order valence-corrected chi connectivity index (χ0v) is 15.2. The van der Waals surface area contributed by atoms with Gasteiger partial charge in [0.2, 0.25) is 0 Å². The van der Waals surface area contributed by atoms with E-state index < -0.39 is 5.97 Å². The summed E-state index contributed by atoms with van der Waals surface area (Å²) < 4.78 is 12.2. The van der Waals surface area contributed by atoms with Crippen LogP contribution in [-0.2, 0) is 6.54 Å². The Hall–Kier alpha value is -2.87. The van der Waals surface area contributed by atoms with Crippen molar-refractivity contribution in [3.05, 3.63) is 51.4 Å². The van der Waals surface area contributed by atoms with E-state index in [2.05, 4.69) is 4.98 Å². The van der Waals surface area contributed by atoms with Gasteiger partial charge in [0, 0.05) is 11.9 Å². The van der Waals surface area contributed by atoms with Crippen LogP contribution in [0.25, 0.3) is 10.2 Å². The van der Waals surface area contributed by atoms with Gasteiger partial charge in [0.15, 0.2) is 0 Å². The van der Waals surface area contributed by atoms with Gasteiger partial charge >= 0.3 is 5.97 Å². The molecule has 0 aliphatic rings. The van der Waals surface area contributed by atoms with Crippen molar-refractivity contribution in [2.24, 2.45) is 0 Å². The number of carboxylic acid groups (broad SMARTS) is 1. The van der Waals surface area contributed by atoms with Gasteiger partial charge in [-0.1, -0.05) is 0 Å². The highest BCUT2D eigenvalue weighted by Gasteiger charge is 2.18. The van der Waals surface area contributed by atoms with Gasteiger partial charge in [-0.05, 0) is 37.6 Å². The number of aryl methyl sites for hydroxylation is 1. The van der Waals surface area contributed by atoms with Crippen LogP contribution in [0.4, 0.5) is 0 Å². The standard InChI is InChI=1S/C18H18N2O5S/c1-11-19-16-15(14(10-26-16)18(22)23)17(21)20(11)8-3-9-25-13-6-4-12(24-2)5-7-13/h4-7,10H,3,8-9H2,1-2H3,(H,22,23). The number of fused-ring (bicyclic) bond motifs is 1. The summed E-state index contributed by atoms with van der Waals surface area (Å²) in [5.41, 5.74) is -0.318. The van der Waals surface area contributed by atoms with Crippen molar-refractivity contribution in [1.82, 2.24) is 9.55 Å². The molecular weight excluding hydrogens is 356 g/mol. The van der Waals surface area contributed by atoms with Crippen LogP contribution in [0.1, 0.15) is 22.6 Å². The Kier molecular flexibility index (Phi) is 5.22. The molecule has 2 heterocycles. The quantitative estimate of drug-likeness (QED) is 0.640. The van der Waals surface area contributed by atoms with Gasteiger partial charge in [-0.15, -0.1) is 11.3 Å². The zero-order valence-electron chi connectivity index (χ0n) is 14.4. The Balaban J connectivity index is 1.71. The molecule has 0 fully saturated rings. The van der Waals surface area contributed by atoms with E-state index >= 15 is 0 Å². The molecule has 136 valence electrons. The molecule has 1 N–H and O–H groups in total. The second-order valence-corrected chi connectivity index (χ2v) is 6.49. The van der Waals surface area contributed by atoms with Crippen LogP contribution in [0.2, 0.25) is 0 Å². The fourth-order valence-corrected chi connectivity index (χ4v) is 3.58. The number of hydrogen-bond acceptors (Lipinski definition) is 6. The lowest BCUT2D eigenvalue weighted by Crippen LogP contribution is -2.25. The highest BCUT2D eigenvalue weighted by Crippen LogP contribution is 2.22. The van der Waals surface area contributed by atoms with E-state index in [1.54, 1.807) is 14.0 Å². The molecule has 0 spiro atoms. The number of benzene rings is 1. The van der Waals surface area contributed by atoms with Crippen LogP contribution in [0.5, 0.6) is 11.5 Å². The predicted octanol–water partition coefficient (Wildman–Crippen LogP) is 2.94. The van der Waals surface area contributed by atoms with Crippen molar-refractivity contribution in [1.29, 1.82) is 0 Å². The first-order valence-corrected chi connectivity index (χ1v) is 8.88. The van der Waals surface area contributed by atoms with Crippen molar-refractivity contribution in [3.8, 4) is 11.5 Å². The topological polar surface area (TPSA) is 90.7 Å². The van der Waals surface area contributed by atoms with Crippen molar-refractivity contribution in [2.75, 3.05) is 13.7 Å². The van der Waals surface area contributed by atoms with Crippen molar-refractivity contribution in [2.45, 2.75) is 19.9 Å². The molecule has 1 aromatic carbocycles. The van der Waals surface area contributed by atoms with E-state index in [1.165, 1.54) is 21.3 Å². The zero-order chi connectivity index (χ0) is 18.7. The fourth-order valence-electron chi connectivity index (χ4n) is 2.63. The number of aromatic nitrogens is 2. The van der Waals surface area contributed by atoms with Crippen LogP contribution in [0.3, 0.4) is 0 Å². The fraction of sp³-hybridized carbons (Fsp3) is 0.278. The Morgan fingerprint density at radius 1 is 1.27 bits per heavy atom. The molecule has 26 heavy (non-hydrogen) atoms. The van der Waals surface area contributed by atoms with Crippen molar-refractivity contribution < 1.29 is 19.4 Å². The Labute approximate surface area is 153 Å². The second-order valence-electron chi connectivity index (χ2n) is 5.63. The number of carbonyl (C=O) groups is 1. The van der Waals surface area contributed by atoms with Crippen molar-refractivity contribution in [3.63, 3.8) is 0 Å². The van der Waals surface area contributed by atoms with Gasteiger partial charge in [-0.25, -0.2) is 9.78 Å². The molecule has 0 unspecified atom stereocenters. The van der Waals surface area contributed by atoms with E-state index in [1.807, 2.05) is 24.3 Å². The monoisotopic (exact) mass is 374 g/mol. The molecule has 0 saturated heterocycles. The van der Waals surface area contributed by atoms with Gasteiger partial charge in [0.05, 0.1) is 24.7 Å². The molecule has 3 rings (SSSR count). The molecule has 0 radical (unpaired) electrons. The van der Waals surface area contributed by atoms with Crippen LogP contribution in [-0.4, -0.2) is 34.3 Å². The number of ether oxygens (including phenoxy) is 2. The van der Waals surface area contributed by atoms with Crippen LogP contribution >= 0.6 is 11.3 Å². The van der Waals surface area contributed by atoms with E-state index in [4.69, 9.17) is 9.47 Å². The maximum atomic E-state index is 12.7. The van der Waals surface area contributed by atoms with Gasteiger partial charge in [0.1, 0.15) is 22.2 Å². The van der Waals surface area contributed by atoms with Crippen LogP contribution in [0.15, 0.2) is 34.4 Å². The number of rotatable bonds is 7. The van der Waals surface area contributed by atoms with E-state index in [9.17, 15) is 14.7 Å². The summed E-state index contributed by atoms with van der Waals surface area (Å²) in [6.07, 6.45) is 0.590. The maximum Gasteiger partial charge on any atom is 0.337 e. The summed E-state index contributed by atoms with van der Waals surface area (Å²) in [5, 5.41) is 10.9. The largest absolute Gasteiger partial charge is 0.497 e. The minimum Gasteiger partial charge on any atom is -0.497 e. The molecule has 0 atom stereocenters. The summed E-state index contributed by atoms with van der Waals surface area (Å²) in [7, 11) is 1.60. The molecule has 0 aliphatic heterocycles. The Morgan fingerprint density at radius 2 is 1.96 bits per heavy atom. The highest BCUT2D eigenvalue weighted by atomic mass is 32.1. The predicted molar refractivity (Wildman–Crippen MR) is 98.7 cm³/mol. The number of thiophene rings is 1. The molecule has 7 nitrogen and oxygen atoms in total. The molecule has 0 saturated carbocycles. The third-order valence-electron chi connectivity index (χ3n) is 3.97. The Bertz CT molecular complexity index is 991. The number of aromatic carboxylic acids is 1. The van der Waals surface area contributed by atoms with Gasteiger partial charge in [-0.2, -0.15) is 0 Å². The Morgan fingerprint density at radius 3 is 2.62 bits per heavy atom. The number of carboxylic acids is 1. The summed E-state index contributed by atoms with van der Waals surface area (Å²) in [6.45, 7) is 2.57. The first-order valence-electron chi connectivity index (χ1n) is 8.00. The number of hydrogen-bond donors (Lipinski definition) is 1. The van der Waals surface area contributed by atoms with Crippen LogP contribution in [0, 0.1) is 6.92 Å². The van der Waals surface area contributed by atoms with E-state index in [0.29, 0.717) is 30.2 Å². The minimum atomic E-state index is -1.12. The summed E-state index contributed by atoms with van der Waals surface area (Å²) in [5.74, 6) is 0.914. The van der Waals surface area contributed by atoms with Gasteiger partial charge < -0.3 is 14.6 Å². The van der Waals surface area contributed by atoms with E-state index in [0.717, 1.165) is 11.5 Å². The van der Waals surface area contributed by atoms with Crippen LogP contribution < -0.4 is 15.0 Å². The average molecular weight is 374 g/mol. The summed E-state index contributed by atoms with van der Waals surface area (Å²) >= 11 is 1.17. The molecule has 0 amide bonds. The van der Waals surface area contributed by atoms with E-state index in [-0.39, 0.29) is 16.5 Å². The highest BCUT2D eigenvalue weighted by molar-refractivity contribution is 7.17. The summed E-state index contributed by atoms with van der Waals surface area (Å²) in [4.78, 5) is 28.8. The molecular formula is C18H18N2O5S. The second kappa shape index (κ2) is 7.57. The normalized spacial score (nSPS) is 10.8. The third kappa shape index (κ3) is 3.55. The lowest BCUT2D eigenvalue weighted by molar-refractivity contribution is 0.0699. The molecule has 3 aromatic rings. The first kappa shape index (κ1) is 17.9. The van der Waals surface area contributed by atoms with Gasteiger partial charge in [-0.3, -0.25) is 9.36 Å². The number of nitrogens with zero attached hydrogens (tertiary/aromatic N) is 2. The maximum absolute atomic E-state index is 12.7. The van der Waals surface area contributed by atoms with Gasteiger partial charge in [0.25, 0.3) is 5.56 Å². The minimum absolute atomic E-state index is 0.00531. The smallest absolute Gasteiger partial charge is 0.337 e. The lowest BCUT2D eigenvalue weighted by atomic mass is 10.2. The summed E-state index contributed by atoms with van der Waals surface area (Å²) in [6, 6.07) is 7.25. The number of methoxy groups -OCH3 is 1. The molecule has 2 aromatic heterocycles. The molecule has 0 bridgehead atoms. The molecule has 8 heteroatoms. The average Bonchev–Trinajstić information content (AvgIpc) is 3.05. The molecule has 0 aliphatic carbocycles. The lowest BCUT2D eigenvalue weighted by Gasteiger charge is -2.11. The third-order valence-corrected chi connectivity index (χ3v) is 4.84. The van der Waals surface area contributed by atoms with Crippen molar-refractivity contribution >= 4 is 27.5 Å².